The van der Waals surface area contributed by atoms with Crippen molar-refractivity contribution in [3.05, 3.63) is 59.4 Å². The summed E-state index contributed by atoms with van der Waals surface area (Å²) in [5.74, 6) is 1.46. The van der Waals surface area contributed by atoms with Crippen LogP contribution in [0.25, 0.3) is 0 Å². The molecular formula is C17H19ClFNO2. The minimum atomic E-state index is -0.140. The van der Waals surface area contributed by atoms with E-state index in [1.54, 1.807) is 6.07 Å². The van der Waals surface area contributed by atoms with Crippen molar-refractivity contribution in [3.63, 3.8) is 0 Å². The molecule has 0 fully saturated rings. The van der Waals surface area contributed by atoms with Gasteiger partial charge in [0.25, 0.3) is 0 Å². The second-order valence-corrected chi connectivity index (χ2v) is 5.00. The molecule has 1 heterocycles. The first-order valence-corrected chi connectivity index (χ1v) is 7.15. The molecule has 22 heavy (non-hydrogen) atoms. The highest BCUT2D eigenvalue weighted by molar-refractivity contribution is 5.85. The Morgan fingerprint density at radius 1 is 1.00 bits per heavy atom. The first-order chi connectivity index (χ1) is 10.3. The van der Waals surface area contributed by atoms with E-state index >= 15 is 0 Å². The molecule has 0 saturated heterocycles. The first kappa shape index (κ1) is 16.6. The van der Waals surface area contributed by atoms with Gasteiger partial charge in [-0.2, -0.15) is 0 Å². The predicted octanol–water partition coefficient (Wildman–Crippen LogP) is 3.35. The molecule has 0 aromatic heterocycles. The van der Waals surface area contributed by atoms with Gasteiger partial charge in [-0.05, 0) is 42.3 Å². The Balaban J connectivity index is 0.00000176. The van der Waals surface area contributed by atoms with Gasteiger partial charge in [0, 0.05) is 6.54 Å². The third-order valence-electron chi connectivity index (χ3n) is 3.46. The standard InChI is InChI=1S/C17H18FNO2.ClH/c18-15-4-2-1-3-14(15)7-8-19-12-13-5-6-16-17(11-13)21-10-9-20-16;/h1-6,11,19H,7-10,12H2;1H. The maximum Gasteiger partial charge on any atom is 0.161 e. The number of nitrogens with one attached hydrogen (secondary N) is 1. The molecule has 5 heteroatoms. The number of halogens is 2. The van der Waals surface area contributed by atoms with Crippen LogP contribution in [0.4, 0.5) is 4.39 Å². The monoisotopic (exact) mass is 323 g/mol. The summed E-state index contributed by atoms with van der Waals surface area (Å²) in [7, 11) is 0. The van der Waals surface area contributed by atoms with Crippen LogP contribution >= 0.6 is 12.4 Å². The van der Waals surface area contributed by atoms with Gasteiger partial charge in [0.15, 0.2) is 11.5 Å². The summed E-state index contributed by atoms with van der Waals surface area (Å²) in [6, 6.07) is 12.8. The number of benzene rings is 2. The normalized spacial score (nSPS) is 12.6. The highest BCUT2D eigenvalue weighted by atomic mass is 35.5. The SMILES string of the molecule is Cl.Fc1ccccc1CCNCc1ccc2c(c1)OCCO2. The Kier molecular flexibility index (Phi) is 6.04. The summed E-state index contributed by atoms with van der Waals surface area (Å²) in [5.41, 5.74) is 1.87. The Morgan fingerprint density at radius 3 is 2.59 bits per heavy atom. The summed E-state index contributed by atoms with van der Waals surface area (Å²) in [6.45, 7) is 2.66. The van der Waals surface area contributed by atoms with E-state index in [1.807, 2.05) is 30.3 Å². The molecular weight excluding hydrogens is 305 g/mol. The zero-order valence-electron chi connectivity index (χ0n) is 12.2. The summed E-state index contributed by atoms with van der Waals surface area (Å²) in [5, 5.41) is 3.32. The minimum absolute atomic E-state index is 0. The summed E-state index contributed by atoms with van der Waals surface area (Å²) in [6.07, 6.45) is 0.678. The van der Waals surface area contributed by atoms with Crippen LogP contribution in [0.15, 0.2) is 42.5 Å². The highest BCUT2D eigenvalue weighted by Gasteiger charge is 2.11. The second-order valence-electron chi connectivity index (χ2n) is 5.00. The number of hydrogen-bond donors (Lipinski definition) is 1. The van der Waals surface area contributed by atoms with Gasteiger partial charge >= 0.3 is 0 Å². The van der Waals surface area contributed by atoms with Gasteiger partial charge < -0.3 is 14.8 Å². The summed E-state index contributed by atoms with van der Waals surface area (Å²) >= 11 is 0. The van der Waals surface area contributed by atoms with Crippen LogP contribution in [0.5, 0.6) is 11.5 Å². The lowest BCUT2D eigenvalue weighted by Gasteiger charge is -2.19. The van der Waals surface area contributed by atoms with Gasteiger partial charge in [-0.3, -0.25) is 0 Å². The molecule has 3 rings (SSSR count). The molecule has 0 saturated carbocycles. The molecule has 1 aliphatic rings. The van der Waals surface area contributed by atoms with Crippen LogP contribution in [0, 0.1) is 5.82 Å². The number of fused-ring (bicyclic) bond motifs is 1. The molecule has 2 aromatic rings. The van der Waals surface area contributed by atoms with Gasteiger partial charge in [0.1, 0.15) is 19.0 Å². The van der Waals surface area contributed by atoms with E-state index in [0.717, 1.165) is 35.7 Å². The molecule has 0 aliphatic carbocycles. The van der Waals surface area contributed by atoms with Crippen molar-refractivity contribution in [2.75, 3.05) is 19.8 Å². The zero-order chi connectivity index (χ0) is 14.5. The number of ether oxygens (including phenoxy) is 2. The van der Waals surface area contributed by atoms with Crippen molar-refractivity contribution in [2.45, 2.75) is 13.0 Å². The lowest BCUT2D eigenvalue weighted by Crippen LogP contribution is -2.18. The van der Waals surface area contributed by atoms with Crippen molar-refractivity contribution >= 4 is 12.4 Å². The third-order valence-corrected chi connectivity index (χ3v) is 3.46. The lowest BCUT2D eigenvalue weighted by atomic mass is 10.1. The quantitative estimate of drug-likeness (QED) is 0.856. The first-order valence-electron chi connectivity index (χ1n) is 7.15. The molecule has 0 spiro atoms. The third kappa shape index (κ3) is 4.12. The molecule has 0 amide bonds. The summed E-state index contributed by atoms with van der Waals surface area (Å²) < 4.78 is 24.5. The smallest absolute Gasteiger partial charge is 0.161 e. The average Bonchev–Trinajstić information content (AvgIpc) is 2.53. The topological polar surface area (TPSA) is 30.5 Å². The zero-order valence-corrected chi connectivity index (χ0v) is 13.0. The Bertz CT molecular complexity index is 621. The van der Waals surface area contributed by atoms with E-state index in [2.05, 4.69) is 5.32 Å². The van der Waals surface area contributed by atoms with Crippen LogP contribution in [-0.4, -0.2) is 19.8 Å². The molecule has 0 atom stereocenters. The maximum atomic E-state index is 13.5. The fraction of sp³-hybridized carbons (Fsp3) is 0.294. The Hall–Kier alpha value is -1.78. The molecule has 1 aliphatic heterocycles. The van der Waals surface area contributed by atoms with E-state index in [0.29, 0.717) is 19.6 Å². The molecule has 2 aromatic carbocycles. The maximum absolute atomic E-state index is 13.5. The predicted molar refractivity (Wildman–Crippen MR) is 86.5 cm³/mol. The second kappa shape index (κ2) is 8.01. The van der Waals surface area contributed by atoms with E-state index < -0.39 is 0 Å². The highest BCUT2D eigenvalue weighted by Crippen LogP contribution is 2.30. The number of rotatable bonds is 5. The van der Waals surface area contributed by atoms with Gasteiger partial charge in [-0.15, -0.1) is 12.4 Å². The molecule has 0 radical (unpaired) electrons. The van der Waals surface area contributed by atoms with Gasteiger partial charge in [0.2, 0.25) is 0 Å². The van der Waals surface area contributed by atoms with Gasteiger partial charge in [0.05, 0.1) is 0 Å². The molecule has 3 nitrogen and oxygen atoms in total. The van der Waals surface area contributed by atoms with Crippen LogP contribution < -0.4 is 14.8 Å². The largest absolute Gasteiger partial charge is 0.486 e. The van der Waals surface area contributed by atoms with E-state index in [9.17, 15) is 4.39 Å². The Labute approximate surface area is 135 Å². The van der Waals surface area contributed by atoms with Crippen LogP contribution in [0.3, 0.4) is 0 Å². The van der Waals surface area contributed by atoms with Crippen molar-refractivity contribution in [1.82, 2.24) is 5.32 Å². The fourth-order valence-corrected chi connectivity index (χ4v) is 2.35. The van der Waals surface area contributed by atoms with Gasteiger partial charge in [-0.25, -0.2) is 4.39 Å². The number of hydrogen-bond acceptors (Lipinski definition) is 3. The van der Waals surface area contributed by atoms with Crippen LogP contribution in [0.1, 0.15) is 11.1 Å². The molecule has 0 bridgehead atoms. The molecule has 118 valence electrons. The van der Waals surface area contributed by atoms with Crippen molar-refractivity contribution in [1.29, 1.82) is 0 Å². The van der Waals surface area contributed by atoms with Crippen LogP contribution in [-0.2, 0) is 13.0 Å². The molecule has 1 N–H and O–H groups in total. The minimum Gasteiger partial charge on any atom is -0.486 e. The Morgan fingerprint density at radius 2 is 1.77 bits per heavy atom. The van der Waals surface area contributed by atoms with E-state index in [-0.39, 0.29) is 18.2 Å². The summed E-state index contributed by atoms with van der Waals surface area (Å²) in [4.78, 5) is 0. The fourth-order valence-electron chi connectivity index (χ4n) is 2.35. The van der Waals surface area contributed by atoms with Crippen molar-refractivity contribution in [2.24, 2.45) is 0 Å². The van der Waals surface area contributed by atoms with Gasteiger partial charge in [-0.1, -0.05) is 24.3 Å². The van der Waals surface area contributed by atoms with Crippen molar-refractivity contribution in [3.8, 4) is 11.5 Å². The van der Waals surface area contributed by atoms with Crippen LogP contribution in [0.2, 0.25) is 0 Å². The van der Waals surface area contributed by atoms with Crippen molar-refractivity contribution < 1.29 is 13.9 Å². The van der Waals surface area contributed by atoms with E-state index in [1.165, 1.54) is 6.07 Å². The van der Waals surface area contributed by atoms with E-state index in [4.69, 9.17) is 9.47 Å². The average molecular weight is 324 g/mol. The molecule has 0 unspecified atom stereocenters. The lowest BCUT2D eigenvalue weighted by molar-refractivity contribution is 0.171.